The van der Waals surface area contributed by atoms with E-state index in [0.29, 0.717) is 27.2 Å². The first-order valence-corrected chi connectivity index (χ1v) is 9.61. The van der Waals surface area contributed by atoms with Crippen LogP contribution in [0.5, 0.6) is 5.75 Å². The van der Waals surface area contributed by atoms with Crippen molar-refractivity contribution in [3.05, 3.63) is 88.3 Å². The largest absolute Gasteiger partial charge is 0.505 e. The lowest BCUT2D eigenvalue weighted by Gasteiger charge is -2.22. The Hall–Kier alpha value is -3.39. The standard InChI is InChI=1S/C22H16ClF3N4O/c1-12-8-10-28-21(29-12)30-18(13-4-6-14(7-5-13)22(24,25)26)16-11-17(23)15-3-2-9-27-19(15)20(16)31/h2-11,18,31H,1H3,(H,28,29,30). The van der Waals surface area contributed by atoms with Gasteiger partial charge < -0.3 is 10.4 Å². The fraction of sp³-hybridized carbons (Fsp3) is 0.136. The summed E-state index contributed by atoms with van der Waals surface area (Å²) in [4.78, 5) is 12.7. The number of nitrogens with one attached hydrogen (secondary N) is 1. The Labute approximate surface area is 180 Å². The second kappa shape index (κ2) is 8.03. The van der Waals surface area contributed by atoms with Crippen molar-refractivity contribution in [2.75, 3.05) is 5.32 Å². The Kier molecular flexibility index (Phi) is 5.41. The van der Waals surface area contributed by atoms with E-state index < -0.39 is 17.8 Å². The van der Waals surface area contributed by atoms with E-state index >= 15 is 0 Å². The van der Waals surface area contributed by atoms with Gasteiger partial charge in [-0.15, -0.1) is 0 Å². The Balaban J connectivity index is 1.87. The number of hydrogen-bond acceptors (Lipinski definition) is 5. The van der Waals surface area contributed by atoms with Gasteiger partial charge >= 0.3 is 6.18 Å². The molecule has 0 saturated carbocycles. The number of benzene rings is 2. The minimum atomic E-state index is -4.46. The SMILES string of the molecule is Cc1ccnc(NC(c2ccc(C(F)(F)F)cc2)c2cc(Cl)c3cccnc3c2O)n1. The minimum absolute atomic E-state index is 0.134. The van der Waals surface area contributed by atoms with Gasteiger partial charge in [0.25, 0.3) is 0 Å². The van der Waals surface area contributed by atoms with Crippen LogP contribution in [-0.2, 0) is 6.18 Å². The van der Waals surface area contributed by atoms with Crippen LogP contribution >= 0.6 is 11.6 Å². The van der Waals surface area contributed by atoms with Gasteiger partial charge in [0.2, 0.25) is 5.95 Å². The molecule has 0 radical (unpaired) electrons. The molecule has 0 spiro atoms. The number of phenols is 1. The number of phenolic OH excluding ortho intramolecular Hbond substituents is 1. The summed E-state index contributed by atoms with van der Waals surface area (Å²) in [6.45, 7) is 1.79. The van der Waals surface area contributed by atoms with E-state index in [4.69, 9.17) is 11.6 Å². The number of aromatic hydroxyl groups is 1. The van der Waals surface area contributed by atoms with Crippen LogP contribution in [0.1, 0.15) is 28.4 Å². The predicted molar refractivity (Wildman–Crippen MR) is 112 cm³/mol. The number of fused-ring (bicyclic) bond motifs is 1. The van der Waals surface area contributed by atoms with Crippen LogP contribution in [0.3, 0.4) is 0 Å². The maximum atomic E-state index is 13.0. The third-order valence-electron chi connectivity index (χ3n) is 4.80. The number of hydrogen-bond donors (Lipinski definition) is 2. The monoisotopic (exact) mass is 444 g/mol. The summed E-state index contributed by atoms with van der Waals surface area (Å²) < 4.78 is 39.1. The van der Waals surface area contributed by atoms with E-state index in [1.165, 1.54) is 18.3 Å². The van der Waals surface area contributed by atoms with E-state index in [0.717, 1.165) is 12.1 Å². The fourth-order valence-electron chi connectivity index (χ4n) is 3.28. The maximum Gasteiger partial charge on any atom is 0.416 e. The molecular weight excluding hydrogens is 429 g/mol. The average molecular weight is 445 g/mol. The topological polar surface area (TPSA) is 70.9 Å². The van der Waals surface area contributed by atoms with Crippen molar-refractivity contribution < 1.29 is 18.3 Å². The first-order chi connectivity index (χ1) is 14.7. The second-order valence-electron chi connectivity index (χ2n) is 6.91. The molecule has 0 saturated heterocycles. The number of anilines is 1. The van der Waals surface area contributed by atoms with Gasteiger partial charge in [0.05, 0.1) is 16.6 Å². The molecule has 9 heteroatoms. The third-order valence-corrected chi connectivity index (χ3v) is 5.11. The molecule has 0 aliphatic carbocycles. The number of rotatable bonds is 4. The Morgan fingerprint density at radius 2 is 1.77 bits per heavy atom. The Morgan fingerprint density at radius 3 is 2.45 bits per heavy atom. The number of aromatic nitrogens is 3. The predicted octanol–water partition coefficient (Wildman–Crippen LogP) is 5.91. The first kappa shape index (κ1) is 20.9. The van der Waals surface area contributed by atoms with E-state index in [1.807, 2.05) is 0 Å². The van der Waals surface area contributed by atoms with Crippen molar-refractivity contribution in [3.8, 4) is 5.75 Å². The van der Waals surface area contributed by atoms with Gasteiger partial charge in [-0.25, -0.2) is 9.97 Å². The van der Waals surface area contributed by atoms with Crippen molar-refractivity contribution in [1.82, 2.24) is 15.0 Å². The van der Waals surface area contributed by atoms with Crippen molar-refractivity contribution >= 4 is 28.5 Å². The highest BCUT2D eigenvalue weighted by Crippen LogP contribution is 2.40. The summed E-state index contributed by atoms with van der Waals surface area (Å²) in [5.41, 5.74) is 1.00. The maximum absolute atomic E-state index is 13.0. The normalized spacial score (nSPS) is 12.7. The third kappa shape index (κ3) is 4.25. The molecule has 2 N–H and O–H groups in total. The number of pyridine rings is 1. The summed E-state index contributed by atoms with van der Waals surface area (Å²) in [6, 6.07) is 10.6. The molecule has 0 aliphatic heterocycles. The van der Waals surface area contributed by atoms with Crippen LogP contribution in [0.25, 0.3) is 10.9 Å². The molecule has 1 atom stereocenters. The zero-order valence-electron chi connectivity index (χ0n) is 16.2. The van der Waals surface area contributed by atoms with E-state index in [1.54, 1.807) is 37.4 Å². The Bertz CT molecular complexity index is 1250. The molecule has 0 amide bonds. The van der Waals surface area contributed by atoms with Gasteiger partial charge in [-0.3, -0.25) is 4.98 Å². The summed E-state index contributed by atoms with van der Waals surface area (Å²) >= 11 is 6.42. The molecule has 0 fully saturated rings. The van der Waals surface area contributed by atoms with Gasteiger partial charge in [0.15, 0.2) is 0 Å². The highest BCUT2D eigenvalue weighted by Gasteiger charge is 2.31. The second-order valence-corrected chi connectivity index (χ2v) is 7.32. The van der Waals surface area contributed by atoms with Crippen LogP contribution in [0.2, 0.25) is 5.02 Å². The molecule has 2 aromatic carbocycles. The summed E-state index contributed by atoms with van der Waals surface area (Å²) in [7, 11) is 0. The zero-order valence-corrected chi connectivity index (χ0v) is 16.9. The molecule has 4 aromatic rings. The first-order valence-electron chi connectivity index (χ1n) is 9.23. The lowest BCUT2D eigenvalue weighted by molar-refractivity contribution is -0.137. The van der Waals surface area contributed by atoms with Gasteiger partial charge in [0, 0.05) is 29.0 Å². The molecule has 0 bridgehead atoms. The molecule has 5 nitrogen and oxygen atoms in total. The van der Waals surface area contributed by atoms with Gasteiger partial charge in [0.1, 0.15) is 11.3 Å². The lowest BCUT2D eigenvalue weighted by atomic mass is 9.95. The number of aryl methyl sites for hydroxylation is 1. The Morgan fingerprint density at radius 1 is 1.03 bits per heavy atom. The highest BCUT2D eigenvalue weighted by atomic mass is 35.5. The molecule has 2 heterocycles. The summed E-state index contributed by atoms with van der Waals surface area (Å²) in [6.07, 6.45) is -1.38. The lowest BCUT2D eigenvalue weighted by Crippen LogP contribution is -2.15. The highest BCUT2D eigenvalue weighted by molar-refractivity contribution is 6.35. The molecule has 2 aromatic heterocycles. The minimum Gasteiger partial charge on any atom is -0.505 e. The zero-order chi connectivity index (χ0) is 22.2. The number of alkyl halides is 3. The van der Waals surface area contributed by atoms with E-state index in [2.05, 4.69) is 20.3 Å². The number of halogens is 4. The molecule has 31 heavy (non-hydrogen) atoms. The molecular formula is C22H16ClF3N4O. The van der Waals surface area contributed by atoms with Crippen LogP contribution in [0.4, 0.5) is 19.1 Å². The molecule has 4 rings (SSSR count). The quantitative estimate of drug-likeness (QED) is 0.409. The fourth-order valence-corrected chi connectivity index (χ4v) is 3.55. The van der Waals surface area contributed by atoms with Crippen molar-refractivity contribution in [2.45, 2.75) is 19.1 Å². The molecule has 158 valence electrons. The van der Waals surface area contributed by atoms with E-state index in [9.17, 15) is 18.3 Å². The van der Waals surface area contributed by atoms with Gasteiger partial charge in [-0.2, -0.15) is 13.2 Å². The van der Waals surface area contributed by atoms with Crippen molar-refractivity contribution in [3.63, 3.8) is 0 Å². The van der Waals surface area contributed by atoms with E-state index in [-0.39, 0.29) is 17.2 Å². The van der Waals surface area contributed by atoms with Crippen LogP contribution in [0, 0.1) is 6.92 Å². The average Bonchev–Trinajstić information content (AvgIpc) is 2.74. The van der Waals surface area contributed by atoms with Gasteiger partial charge in [-0.05, 0) is 48.9 Å². The molecule has 1 unspecified atom stereocenters. The van der Waals surface area contributed by atoms with Crippen molar-refractivity contribution in [1.29, 1.82) is 0 Å². The smallest absolute Gasteiger partial charge is 0.416 e. The van der Waals surface area contributed by atoms with Crippen molar-refractivity contribution in [2.24, 2.45) is 0 Å². The van der Waals surface area contributed by atoms with Crippen LogP contribution in [-0.4, -0.2) is 20.1 Å². The number of nitrogens with zero attached hydrogens (tertiary/aromatic N) is 3. The summed E-state index contributed by atoms with van der Waals surface area (Å²) in [5, 5.41) is 14.9. The summed E-state index contributed by atoms with van der Waals surface area (Å²) in [5.74, 6) is 0.117. The molecule has 0 aliphatic rings. The van der Waals surface area contributed by atoms with Crippen LogP contribution in [0.15, 0.2) is 60.9 Å². The van der Waals surface area contributed by atoms with Gasteiger partial charge in [-0.1, -0.05) is 23.7 Å². The van der Waals surface area contributed by atoms with Crippen LogP contribution < -0.4 is 5.32 Å².